The third-order valence-electron chi connectivity index (χ3n) is 3.68. The molecule has 1 aliphatic rings. The number of nitrogens with zero attached hydrogens (tertiary/aromatic N) is 1. The molecule has 0 radical (unpaired) electrons. The van der Waals surface area contributed by atoms with E-state index >= 15 is 0 Å². The molecule has 3 rings (SSSR count). The number of hydrogen-bond acceptors (Lipinski definition) is 2. The standard InChI is InChI=1S/C18H15FN2O2/c1-2-12-5-9-15(10-6-12)21-18(23)16(17(22)20-21)11-13-3-7-14(19)8-4-13/h3-11H,2H2,1H3,(H,20,22)/b16-11-. The van der Waals surface area contributed by atoms with E-state index in [1.165, 1.54) is 35.4 Å². The zero-order chi connectivity index (χ0) is 16.4. The Morgan fingerprint density at radius 2 is 1.70 bits per heavy atom. The van der Waals surface area contributed by atoms with Crippen LogP contribution >= 0.6 is 0 Å². The molecule has 2 aromatic carbocycles. The summed E-state index contributed by atoms with van der Waals surface area (Å²) in [5.74, 6) is -1.27. The molecule has 0 spiro atoms. The van der Waals surface area contributed by atoms with Gasteiger partial charge in [0.2, 0.25) is 0 Å². The lowest BCUT2D eigenvalue weighted by Gasteiger charge is -2.14. The number of nitrogens with one attached hydrogen (secondary N) is 1. The van der Waals surface area contributed by atoms with Gasteiger partial charge in [0, 0.05) is 0 Å². The van der Waals surface area contributed by atoms with Gasteiger partial charge in [-0.3, -0.25) is 15.0 Å². The molecule has 0 unspecified atom stereocenters. The van der Waals surface area contributed by atoms with Gasteiger partial charge in [0.15, 0.2) is 0 Å². The summed E-state index contributed by atoms with van der Waals surface area (Å²) in [5.41, 5.74) is 4.90. The van der Waals surface area contributed by atoms with Crippen molar-refractivity contribution in [3.63, 3.8) is 0 Å². The lowest BCUT2D eigenvalue weighted by Crippen LogP contribution is -2.35. The third kappa shape index (κ3) is 2.99. The monoisotopic (exact) mass is 310 g/mol. The fourth-order valence-electron chi connectivity index (χ4n) is 2.35. The topological polar surface area (TPSA) is 49.4 Å². The van der Waals surface area contributed by atoms with E-state index in [1.54, 1.807) is 12.1 Å². The Kier molecular flexibility index (Phi) is 3.93. The highest BCUT2D eigenvalue weighted by Gasteiger charge is 2.34. The van der Waals surface area contributed by atoms with E-state index in [9.17, 15) is 14.0 Å². The van der Waals surface area contributed by atoms with Crippen LogP contribution < -0.4 is 10.4 Å². The molecule has 0 aromatic heterocycles. The van der Waals surface area contributed by atoms with E-state index in [0.29, 0.717) is 11.3 Å². The maximum Gasteiger partial charge on any atom is 0.282 e. The first-order valence-electron chi connectivity index (χ1n) is 7.30. The average molecular weight is 310 g/mol. The van der Waals surface area contributed by atoms with Crippen LogP contribution in [0, 0.1) is 5.82 Å². The highest BCUT2D eigenvalue weighted by Crippen LogP contribution is 2.22. The summed E-state index contributed by atoms with van der Waals surface area (Å²) >= 11 is 0. The highest BCUT2D eigenvalue weighted by molar-refractivity contribution is 6.31. The first kappa shape index (κ1) is 15.0. The van der Waals surface area contributed by atoms with Crippen molar-refractivity contribution in [1.29, 1.82) is 0 Å². The summed E-state index contributed by atoms with van der Waals surface area (Å²) in [4.78, 5) is 24.5. The van der Waals surface area contributed by atoms with Gasteiger partial charge >= 0.3 is 0 Å². The first-order chi connectivity index (χ1) is 11.1. The summed E-state index contributed by atoms with van der Waals surface area (Å²) in [6.07, 6.45) is 2.35. The maximum atomic E-state index is 12.9. The SMILES string of the molecule is CCc1ccc(N2NC(=O)/C(=C/c3ccc(F)cc3)C2=O)cc1. The summed E-state index contributed by atoms with van der Waals surface area (Å²) in [6, 6.07) is 13.0. The molecule has 0 aliphatic carbocycles. The number of carbonyl (C=O) groups excluding carboxylic acids is 2. The molecule has 0 atom stereocenters. The minimum atomic E-state index is -0.473. The summed E-state index contributed by atoms with van der Waals surface area (Å²) in [7, 11) is 0. The lowest BCUT2D eigenvalue weighted by molar-refractivity contribution is -0.117. The van der Waals surface area contributed by atoms with Crippen molar-refractivity contribution >= 4 is 23.6 Å². The number of hydrogen-bond donors (Lipinski definition) is 1. The number of benzene rings is 2. The molecule has 4 nitrogen and oxygen atoms in total. The Labute approximate surface area is 133 Å². The quantitative estimate of drug-likeness (QED) is 0.700. The zero-order valence-corrected chi connectivity index (χ0v) is 12.5. The minimum absolute atomic E-state index is 0.0242. The Morgan fingerprint density at radius 3 is 2.30 bits per heavy atom. The van der Waals surface area contributed by atoms with E-state index in [4.69, 9.17) is 0 Å². The summed E-state index contributed by atoms with van der Waals surface area (Å²) < 4.78 is 12.9. The second-order valence-electron chi connectivity index (χ2n) is 5.21. The van der Waals surface area contributed by atoms with Crippen LogP contribution in [0.15, 0.2) is 54.1 Å². The fourth-order valence-corrected chi connectivity index (χ4v) is 2.35. The Balaban J connectivity index is 1.88. The number of hydrazine groups is 1. The van der Waals surface area contributed by atoms with Crippen molar-refractivity contribution in [3.05, 3.63) is 71.0 Å². The van der Waals surface area contributed by atoms with E-state index in [2.05, 4.69) is 5.43 Å². The van der Waals surface area contributed by atoms with Crippen molar-refractivity contribution in [2.24, 2.45) is 0 Å². The minimum Gasteiger partial charge on any atom is -0.267 e. The number of anilines is 1. The zero-order valence-electron chi connectivity index (χ0n) is 12.5. The predicted molar refractivity (Wildman–Crippen MR) is 85.8 cm³/mol. The summed E-state index contributed by atoms with van der Waals surface area (Å²) in [5, 5.41) is 1.22. The van der Waals surface area contributed by atoms with Gasteiger partial charge in [-0.1, -0.05) is 31.2 Å². The number of rotatable bonds is 3. The van der Waals surface area contributed by atoms with Crippen LogP contribution in [0.4, 0.5) is 10.1 Å². The lowest BCUT2D eigenvalue weighted by atomic mass is 10.1. The van der Waals surface area contributed by atoms with Crippen LogP contribution in [0.3, 0.4) is 0 Å². The molecule has 0 saturated carbocycles. The molecule has 1 heterocycles. The van der Waals surface area contributed by atoms with Crippen LogP contribution in [0.5, 0.6) is 0 Å². The van der Waals surface area contributed by atoms with Gasteiger partial charge in [0.1, 0.15) is 11.4 Å². The largest absolute Gasteiger partial charge is 0.282 e. The van der Waals surface area contributed by atoms with E-state index in [1.807, 2.05) is 19.1 Å². The fraction of sp³-hybridized carbons (Fsp3) is 0.111. The smallest absolute Gasteiger partial charge is 0.267 e. The normalized spacial score (nSPS) is 16.1. The predicted octanol–water partition coefficient (Wildman–Crippen LogP) is 2.85. The summed E-state index contributed by atoms with van der Waals surface area (Å²) in [6.45, 7) is 2.04. The van der Waals surface area contributed by atoms with Gasteiger partial charge in [-0.15, -0.1) is 0 Å². The molecule has 1 fully saturated rings. The molecule has 1 aliphatic heterocycles. The molecule has 2 amide bonds. The Bertz CT molecular complexity index is 780. The van der Waals surface area contributed by atoms with Crippen LogP contribution in [0.25, 0.3) is 6.08 Å². The number of carbonyl (C=O) groups is 2. The second-order valence-corrected chi connectivity index (χ2v) is 5.21. The Morgan fingerprint density at radius 1 is 1.04 bits per heavy atom. The number of halogens is 1. The molecule has 23 heavy (non-hydrogen) atoms. The van der Waals surface area contributed by atoms with Crippen molar-refractivity contribution in [2.75, 3.05) is 5.01 Å². The average Bonchev–Trinajstić information content (AvgIpc) is 2.85. The van der Waals surface area contributed by atoms with Gasteiger partial charge in [-0.05, 0) is 47.9 Å². The van der Waals surface area contributed by atoms with Crippen molar-refractivity contribution in [1.82, 2.24) is 5.43 Å². The van der Waals surface area contributed by atoms with Crippen molar-refractivity contribution in [2.45, 2.75) is 13.3 Å². The molecule has 116 valence electrons. The maximum absolute atomic E-state index is 12.9. The van der Waals surface area contributed by atoms with Crippen LogP contribution in [-0.4, -0.2) is 11.8 Å². The molecular formula is C18H15FN2O2. The molecule has 2 aromatic rings. The van der Waals surface area contributed by atoms with Crippen molar-refractivity contribution < 1.29 is 14.0 Å². The van der Waals surface area contributed by atoms with Crippen molar-refractivity contribution in [3.8, 4) is 0 Å². The van der Waals surface area contributed by atoms with E-state index < -0.39 is 11.8 Å². The first-order valence-corrected chi connectivity index (χ1v) is 7.30. The van der Waals surface area contributed by atoms with Gasteiger partial charge < -0.3 is 0 Å². The van der Waals surface area contributed by atoms with Crippen LogP contribution in [-0.2, 0) is 16.0 Å². The highest BCUT2D eigenvalue weighted by atomic mass is 19.1. The Hall–Kier alpha value is -2.95. The molecule has 5 heteroatoms. The van der Waals surface area contributed by atoms with Gasteiger partial charge in [0.05, 0.1) is 5.69 Å². The molecular weight excluding hydrogens is 295 g/mol. The van der Waals surface area contributed by atoms with Gasteiger partial charge in [-0.2, -0.15) is 0 Å². The van der Waals surface area contributed by atoms with Gasteiger partial charge in [-0.25, -0.2) is 9.40 Å². The third-order valence-corrected chi connectivity index (χ3v) is 3.68. The van der Waals surface area contributed by atoms with E-state index in [-0.39, 0.29) is 11.4 Å². The molecule has 0 bridgehead atoms. The molecule has 1 N–H and O–H groups in total. The van der Waals surface area contributed by atoms with Crippen LogP contribution in [0.1, 0.15) is 18.1 Å². The van der Waals surface area contributed by atoms with Crippen LogP contribution in [0.2, 0.25) is 0 Å². The number of aryl methyl sites for hydroxylation is 1. The van der Waals surface area contributed by atoms with E-state index in [0.717, 1.165) is 12.0 Å². The second kappa shape index (κ2) is 6.04. The number of amides is 2. The van der Waals surface area contributed by atoms with Gasteiger partial charge in [0.25, 0.3) is 11.8 Å². The molecule has 1 saturated heterocycles.